The highest BCUT2D eigenvalue weighted by atomic mass is 19.1. The van der Waals surface area contributed by atoms with Gasteiger partial charge in [0, 0.05) is 37.1 Å². The van der Waals surface area contributed by atoms with Gasteiger partial charge in [-0.25, -0.2) is 13.3 Å². The molecule has 6 nitrogen and oxygen atoms in total. The van der Waals surface area contributed by atoms with E-state index in [-0.39, 0.29) is 11.9 Å². The highest BCUT2D eigenvalue weighted by Gasteiger charge is 2.32. The number of carbonyl (C=O) groups excluding carboxylic acids is 1. The molecule has 2 aromatic heterocycles. The van der Waals surface area contributed by atoms with Crippen molar-refractivity contribution >= 4 is 17.1 Å². The van der Waals surface area contributed by atoms with Gasteiger partial charge < -0.3 is 14.9 Å². The summed E-state index contributed by atoms with van der Waals surface area (Å²) in [5.74, 6) is -0.972. The fourth-order valence-electron chi connectivity index (χ4n) is 4.84. The molecule has 1 N–H and O–H groups in total. The van der Waals surface area contributed by atoms with Crippen LogP contribution in [-0.2, 0) is 0 Å². The van der Waals surface area contributed by atoms with Crippen molar-refractivity contribution in [1.82, 2.24) is 14.5 Å². The summed E-state index contributed by atoms with van der Waals surface area (Å²) >= 11 is 0. The van der Waals surface area contributed by atoms with Crippen LogP contribution in [-0.4, -0.2) is 50.8 Å². The molecule has 0 bridgehead atoms. The predicted octanol–water partition coefficient (Wildman–Crippen LogP) is 3.94. The largest absolute Gasteiger partial charge is 0.390 e. The summed E-state index contributed by atoms with van der Waals surface area (Å²) in [6.45, 7) is 3.51. The number of anilines is 1. The Hall–Kier alpha value is -3.00. The first-order valence-electron chi connectivity index (χ1n) is 11.0. The number of hydrogen-bond acceptors (Lipinski definition) is 4. The number of amides is 1. The first kappa shape index (κ1) is 20.9. The first-order chi connectivity index (χ1) is 15.3. The van der Waals surface area contributed by atoms with Crippen molar-refractivity contribution in [3.8, 4) is 0 Å². The van der Waals surface area contributed by atoms with Gasteiger partial charge in [-0.2, -0.15) is 5.10 Å². The molecule has 0 aliphatic carbocycles. The number of aromatic nitrogens is 2. The van der Waals surface area contributed by atoms with Crippen LogP contribution in [0.2, 0.25) is 0 Å². The maximum atomic E-state index is 14.5. The maximum absolute atomic E-state index is 14.5. The topological polar surface area (TPSA) is 61.1 Å². The van der Waals surface area contributed by atoms with Crippen LogP contribution in [0.3, 0.4) is 0 Å². The highest BCUT2D eigenvalue weighted by Crippen LogP contribution is 2.38. The Labute approximate surface area is 185 Å². The summed E-state index contributed by atoms with van der Waals surface area (Å²) in [6, 6.07) is 7.11. The lowest BCUT2D eigenvalue weighted by Gasteiger charge is -2.35. The van der Waals surface area contributed by atoms with E-state index in [0.29, 0.717) is 42.6 Å². The number of pyridine rings is 1. The van der Waals surface area contributed by atoms with Gasteiger partial charge in [-0.05, 0) is 62.9 Å². The number of rotatable bonds is 3. The number of halogens is 2. The maximum Gasteiger partial charge on any atom is 0.257 e. The molecule has 1 amide bonds. The SMILES string of the molecule is CC1(O)CCN(C(=O)c2cnn3ccc(N4CCCC4c4cc(F)ccc4F)cc23)CC1. The number of nitrogens with zero attached hydrogens (tertiary/aromatic N) is 4. The number of piperidine rings is 1. The summed E-state index contributed by atoms with van der Waals surface area (Å²) in [6.07, 6.45) is 6.03. The first-order valence-corrected chi connectivity index (χ1v) is 11.0. The third kappa shape index (κ3) is 3.72. The van der Waals surface area contributed by atoms with Gasteiger partial charge >= 0.3 is 0 Å². The molecule has 1 atom stereocenters. The van der Waals surface area contributed by atoms with Crippen molar-refractivity contribution in [1.29, 1.82) is 0 Å². The molecule has 1 unspecified atom stereocenters. The number of fused-ring (bicyclic) bond motifs is 1. The Bertz CT molecular complexity index is 1170. The van der Waals surface area contributed by atoms with E-state index in [1.165, 1.54) is 12.1 Å². The third-order valence-corrected chi connectivity index (χ3v) is 6.76. The zero-order valence-electron chi connectivity index (χ0n) is 18.0. The quantitative estimate of drug-likeness (QED) is 0.670. The molecule has 2 fully saturated rings. The van der Waals surface area contributed by atoms with Crippen LogP contribution in [0.25, 0.3) is 5.52 Å². The van der Waals surface area contributed by atoms with Crippen molar-refractivity contribution in [3.63, 3.8) is 0 Å². The average Bonchev–Trinajstić information content (AvgIpc) is 3.41. The number of hydrogen-bond donors (Lipinski definition) is 1. The van der Waals surface area contributed by atoms with Crippen molar-refractivity contribution < 1.29 is 18.7 Å². The molecule has 32 heavy (non-hydrogen) atoms. The summed E-state index contributed by atoms with van der Waals surface area (Å²) in [5.41, 5.74) is 1.64. The van der Waals surface area contributed by atoms with Crippen LogP contribution < -0.4 is 4.90 Å². The van der Waals surface area contributed by atoms with Crippen LogP contribution in [0, 0.1) is 11.6 Å². The molecule has 4 heterocycles. The molecule has 8 heteroatoms. The lowest BCUT2D eigenvalue weighted by molar-refractivity contribution is -0.00196. The summed E-state index contributed by atoms with van der Waals surface area (Å²) in [5, 5.41) is 14.5. The van der Waals surface area contributed by atoms with Crippen molar-refractivity contribution in [2.24, 2.45) is 0 Å². The van der Waals surface area contributed by atoms with E-state index in [4.69, 9.17) is 0 Å². The Morgan fingerprint density at radius 1 is 1.16 bits per heavy atom. The van der Waals surface area contributed by atoms with Gasteiger partial charge in [0.25, 0.3) is 5.91 Å². The zero-order chi connectivity index (χ0) is 22.5. The van der Waals surface area contributed by atoms with Crippen LogP contribution in [0.4, 0.5) is 14.5 Å². The summed E-state index contributed by atoms with van der Waals surface area (Å²) in [7, 11) is 0. The van der Waals surface area contributed by atoms with Crippen LogP contribution in [0.5, 0.6) is 0 Å². The van der Waals surface area contributed by atoms with Gasteiger partial charge in [-0.3, -0.25) is 4.79 Å². The van der Waals surface area contributed by atoms with E-state index in [0.717, 1.165) is 31.1 Å². The van der Waals surface area contributed by atoms with Crippen molar-refractivity contribution in [2.75, 3.05) is 24.5 Å². The molecule has 0 spiro atoms. The Morgan fingerprint density at radius 3 is 2.72 bits per heavy atom. The van der Waals surface area contributed by atoms with Gasteiger partial charge in [-0.1, -0.05) is 0 Å². The summed E-state index contributed by atoms with van der Waals surface area (Å²) in [4.78, 5) is 17.0. The molecule has 168 valence electrons. The van der Waals surface area contributed by atoms with E-state index in [9.17, 15) is 18.7 Å². The van der Waals surface area contributed by atoms with Crippen LogP contribution in [0.1, 0.15) is 54.6 Å². The van der Waals surface area contributed by atoms with E-state index < -0.39 is 17.2 Å². The monoisotopic (exact) mass is 440 g/mol. The van der Waals surface area contributed by atoms with E-state index in [1.807, 2.05) is 12.1 Å². The van der Waals surface area contributed by atoms with Gasteiger partial charge in [0.2, 0.25) is 0 Å². The lowest BCUT2D eigenvalue weighted by atomic mass is 9.93. The number of benzene rings is 1. The minimum atomic E-state index is -0.734. The fourth-order valence-corrected chi connectivity index (χ4v) is 4.84. The second kappa shape index (κ2) is 7.85. The Balaban J connectivity index is 1.46. The predicted molar refractivity (Wildman–Crippen MR) is 117 cm³/mol. The number of carbonyl (C=O) groups is 1. The third-order valence-electron chi connectivity index (χ3n) is 6.76. The molecule has 2 saturated heterocycles. The lowest BCUT2D eigenvalue weighted by Crippen LogP contribution is -2.45. The minimum Gasteiger partial charge on any atom is -0.390 e. The molecule has 2 aliphatic rings. The molecule has 1 aromatic carbocycles. The molecule has 0 radical (unpaired) electrons. The number of aliphatic hydroxyl groups is 1. The highest BCUT2D eigenvalue weighted by molar-refractivity contribution is 6.01. The second-order valence-electron chi connectivity index (χ2n) is 9.08. The normalized spacial score (nSPS) is 20.8. The standard InChI is InChI=1S/C24H26F2N4O2/c1-24(32)7-11-28(12-8-24)23(31)19-15-27-30-10-6-17(14-22(19)30)29-9-2-3-21(29)18-13-16(25)4-5-20(18)26/h4-6,10,13-15,21,32H,2-3,7-9,11-12H2,1H3. The second-order valence-corrected chi connectivity index (χ2v) is 9.08. The van der Waals surface area contributed by atoms with Crippen LogP contribution >= 0.6 is 0 Å². The van der Waals surface area contributed by atoms with Gasteiger partial charge in [-0.15, -0.1) is 0 Å². The Morgan fingerprint density at radius 2 is 1.94 bits per heavy atom. The fraction of sp³-hybridized carbons (Fsp3) is 0.417. The van der Waals surface area contributed by atoms with Crippen LogP contribution in [0.15, 0.2) is 42.7 Å². The van der Waals surface area contributed by atoms with E-state index in [1.54, 1.807) is 28.7 Å². The Kier molecular flexibility index (Phi) is 5.12. The average molecular weight is 440 g/mol. The zero-order valence-corrected chi connectivity index (χ0v) is 18.0. The van der Waals surface area contributed by atoms with Crippen molar-refractivity contribution in [2.45, 2.75) is 44.2 Å². The van der Waals surface area contributed by atoms with E-state index >= 15 is 0 Å². The molecule has 5 rings (SSSR count). The molecular weight excluding hydrogens is 414 g/mol. The molecule has 2 aliphatic heterocycles. The smallest absolute Gasteiger partial charge is 0.257 e. The van der Waals surface area contributed by atoms with Gasteiger partial charge in [0.05, 0.1) is 28.9 Å². The molecule has 0 saturated carbocycles. The molecule has 3 aromatic rings. The molecular formula is C24H26F2N4O2. The summed E-state index contributed by atoms with van der Waals surface area (Å²) < 4.78 is 29.9. The van der Waals surface area contributed by atoms with Crippen molar-refractivity contribution in [3.05, 3.63) is 65.5 Å². The van der Waals surface area contributed by atoms with Gasteiger partial charge in [0.15, 0.2) is 0 Å². The van der Waals surface area contributed by atoms with E-state index in [2.05, 4.69) is 10.00 Å². The minimum absolute atomic E-state index is 0.109. The van der Waals surface area contributed by atoms with Gasteiger partial charge in [0.1, 0.15) is 11.6 Å². The number of likely N-dealkylation sites (tertiary alicyclic amines) is 1.